The van der Waals surface area contributed by atoms with Crippen LogP contribution in [0.25, 0.3) is 0 Å². The summed E-state index contributed by atoms with van der Waals surface area (Å²) in [5.74, 6) is 0.0522. The molecule has 2 unspecified atom stereocenters. The Hall–Kier alpha value is -1.46. The SMILES string of the molecule is CC(C)C(CN(C)C)N1C(=O)CNC1c1ccccc1F. The van der Waals surface area contributed by atoms with Gasteiger partial charge >= 0.3 is 0 Å². The van der Waals surface area contributed by atoms with Crippen LogP contribution in [-0.2, 0) is 4.79 Å². The van der Waals surface area contributed by atoms with Gasteiger partial charge in [-0.3, -0.25) is 10.1 Å². The molecule has 0 radical (unpaired) electrons. The zero-order valence-electron chi connectivity index (χ0n) is 13.1. The van der Waals surface area contributed by atoms with Crippen LogP contribution in [0.1, 0.15) is 25.6 Å². The highest BCUT2D eigenvalue weighted by atomic mass is 19.1. The van der Waals surface area contributed by atoms with Crippen molar-refractivity contribution < 1.29 is 9.18 Å². The lowest BCUT2D eigenvalue weighted by Gasteiger charge is -2.37. The number of amides is 1. The van der Waals surface area contributed by atoms with Crippen LogP contribution in [0.15, 0.2) is 24.3 Å². The molecule has 2 atom stereocenters. The average Bonchev–Trinajstić information content (AvgIpc) is 2.78. The Morgan fingerprint density at radius 3 is 2.62 bits per heavy atom. The highest BCUT2D eigenvalue weighted by Gasteiger charge is 2.39. The smallest absolute Gasteiger partial charge is 0.238 e. The van der Waals surface area contributed by atoms with E-state index < -0.39 is 0 Å². The Morgan fingerprint density at radius 1 is 1.38 bits per heavy atom. The number of benzene rings is 1. The first kappa shape index (κ1) is 15.9. The van der Waals surface area contributed by atoms with E-state index >= 15 is 0 Å². The molecule has 0 aromatic heterocycles. The van der Waals surface area contributed by atoms with Crippen LogP contribution >= 0.6 is 0 Å². The number of nitrogens with one attached hydrogen (secondary N) is 1. The molecule has 1 N–H and O–H groups in total. The topological polar surface area (TPSA) is 35.6 Å². The molecular weight excluding hydrogens is 269 g/mol. The van der Waals surface area contributed by atoms with Crippen molar-refractivity contribution in [1.29, 1.82) is 0 Å². The molecule has 1 fully saturated rings. The molecule has 116 valence electrons. The van der Waals surface area contributed by atoms with Gasteiger partial charge in [-0.25, -0.2) is 4.39 Å². The van der Waals surface area contributed by atoms with Crippen molar-refractivity contribution in [1.82, 2.24) is 15.1 Å². The lowest BCUT2D eigenvalue weighted by atomic mass is 10.00. The Bertz CT molecular complexity index is 504. The summed E-state index contributed by atoms with van der Waals surface area (Å²) in [4.78, 5) is 16.2. The molecule has 1 heterocycles. The maximum Gasteiger partial charge on any atom is 0.238 e. The molecule has 1 amide bonds. The van der Waals surface area contributed by atoms with Crippen molar-refractivity contribution in [2.24, 2.45) is 5.92 Å². The predicted octanol–water partition coefficient (Wildman–Crippen LogP) is 1.84. The van der Waals surface area contributed by atoms with Gasteiger partial charge in [0, 0.05) is 18.2 Å². The summed E-state index contributed by atoms with van der Waals surface area (Å²) in [6, 6.07) is 6.70. The molecule has 0 bridgehead atoms. The van der Waals surface area contributed by atoms with Gasteiger partial charge in [-0.05, 0) is 26.1 Å². The first-order valence-corrected chi connectivity index (χ1v) is 7.35. The second-order valence-corrected chi connectivity index (χ2v) is 6.18. The van der Waals surface area contributed by atoms with Crippen molar-refractivity contribution in [3.63, 3.8) is 0 Å². The summed E-state index contributed by atoms with van der Waals surface area (Å²) >= 11 is 0. The van der Waals surface area contributed by atoms with Crippen molar-refractivity contribution in [2.45, 2.75) is 26.1 Å². The van der Waals surface area contributed by atoms with Gasteiger partial charge in [-0.1, -0.05) is 32.0 Å². The van der Waals surface area contributed by atoms with Crippen LogP contribution < -0.4 is 5.32 Å². The molecule has 0 saturated carbocycles. The molecule has 1 aliphatic heterocycles. The summed E-state index contributed by atoms with van der Waals surface area (Å²) in [6.45, 7) is 5.21. The first-order valence-electron chi connectivity index (χ1n) is 7.35. The van der Waals surface area contributed by atoms with Crippen LogP contribution in [0.3, 0.4) is 0 Å². The zero-order chi connectivity index (χ0) is 15.6. The number of carbonyl (C=O) groups excluding carboxylic acids is 1. The van der Waals surface area contributed by atoms with Gasteiger partial charge in [0.05, 0.1) is 6.54 Å². The molecule has 1 aliphatic rings. The van der Waals surface area contributed by atoms with E-state index in [-0.39, 0.29) is 30.5 Å². The molecule has 1 aromatic carbocycles. The average molecular weight is 293 g/mol. The standard InChI is InChI=1S/C16H24FN3O/c1-11(2)14(10-19(3)4)20-15(21)9-18-16(20)12-7-5-6-8-13(12)17/h5-8,11,14,16,18H,9-10H2,1-4H3. The van der Waals surface area contributed by atoms with E-state index in [9.17, 15) is 9.18 Å². The third-order valence-electron chi connectivity index (χ3n) is 3.89. The Balaban J connectivity index is 2.33. The van der Waals surface area contributed by atoms with E-state index in [1.807, 2.05) is 19.0 Å². The minimum atomic E-state index is -0.383. The number of halogens is 1. The van der Waals surface area contributed by atoms with E-state index in [4.69, 9.17) is 0 Å². The Kier molecular flexibility index (Phi) is 4.96. The van der Waals surface area contributed by atoms with E-state index in [1.165, 1.54) is 6.07 Å². The largest absolute Gasteiger partial charge is 0.317 e. The third kappa shape index (κ3) is 3.41. The zero-order valence-corrected chi connectivity index (χ0v) is 13.1. The Labute approximate surface area is 125 Å². The van der Waals surface area contributed by atoms with Crippen molar-refractivity contribution in [3.8, 4) is 0 Å². The molecule has 4 nitrogen and oxygen atoms in total. The van der Waals surface area contributed by atoms with Gasteiger partial charge in [0.1, 0.15) is 12.0 Å². The van der Waals surface area contributed by atoms with Gasteiger partial charge in [-0.15, -0.1) is 0 Å². The summed E-state index contributed by atoms with van der Waals surface area (Å²) in [5.41, 5.74) is 0.535. The van der Waals surface area contributed by atoms with Gasteiger partial charge in [-0.2, -0.15) is 0 Å². The maximum absolute atomic E-state index is 14.1. The van der Waals surface area contributed by atoms with Gasteiger partial charge < -0.3 is 9.80 Å². The van der Waals surface area contributed by atoms with Crippen LogP contribution in [-0.4, -0.2) is 48.9 Å². The molecule has 21 heavy (non-hydrogen) atoms. The third-order valence-corrected chi connectivity index (χ3v) is 3.89. The number of carbonyl (C=O) groups is 1. The van der Waals surface area contributed by atoms with E-state index in [2.05, 4.69) is 24.1 Å². The van der Waals surface area contributed by atoms with Crippen molar-refractivity contribution in [2.75, 3.05) is 27.2 Å². The van der Waals surface area contributed by atoms with Gasteiger partial charge in [0.15, 0.2) is 0 Å². The highest BCUT2D eigenvalue weighted by Crippen LogP contribution is 2.29. The van der Waals surface area contributed by atoms with Gasteiger partial charge in [0.2, 0.25) is 5.91 Å². The minimum Gasteiger partial charge on any atom is -0.317 e. The quantitative estimate of drug-likeness (QED) is 0.900. The highest BCUT2D eigenvalue weighted by molar-refractivity contribution is 5.81. The number of hydrogen-bond acceptors (Lipinski definition) is 3. The second kappa shape index (κ2) is 6.54. The molecule has 1 saturated heterocycles. The molecule has 0 aliphatic carbocycles. The number of likely N-dealkylation sites (N-methyl/N-ethyl adjacent to an activating group) is 1. The van der Waals surface area contributed by atoms with E-state index in [1.54, 1.807) is 18.2 Å². The number of nitrogens with zero attached hydrogens (tertiary/aromatic N) is 2. The second-order valence-electron chi connectivity index (χ2n) is 6.18. The van der Waals surface area contributed by atoms with Gasteiger partial charge in [0.25, 0.3) is 0 Å². The fraction of sp³-hybridized carbons (Fsp3) is 0.562. The summed E-state index contributed by atoms with van der Waals surface area (Å²) in [7, 11) is 3.98. The summed E-state index contributed by atoms with van der Waals surface area (Å²) in [5, 5.41) is 3.14. The predicted molar refractivity (Wildman–Crippen MR) is 81.2 cm³/mol. The molecule has 1 aromatic rings. The van der Waals surface area contributed by atoms with Crippen molar-refractivity contribution in [3.05, 3.63) is 35.6 Å². The fourth-order valence-corrected chi connectivity index (χ4v) is 2.84. The first-order chi connectivity index (χ1) is 9.91. The van der Waals surface area contributed by atoms with Crippen LogP contribution in [0.2, 0.25) is 0 Å². The monoisotopic (exact) mass is 293 g/mol. The summed E-state index contributed by atoms with van der Waals surface area (Å²) < 4.78 is 14.1. The molecule has 2 rings (SSSR count). The lowest BCUT2D eigenvalue weighted by Crippen LogP contribution is -2.48. The molecule has 5 heteroatoms. The maximum atomic E-state index is 14.1. The molecule has 0 spiro atoms. The Morgan fingerprint density at radius 2 is 2.05 bits per heavy atom. The number of rotatable bonds is 5. The lowest BCUT2D eigenvalue weighted by molar-refractivity contribution is -0.131. The number of hydrogen-bond donors (Lipinski definition) is 1. The van der Waals surface area contributed by atoms with E-state index in [0.717, 1.165) is 6.54 Å². The van der Waals surface area contributed by atoms with E-state index in [0.29, 0.717) is 11.5 Å². The summed E-state index contributed by atoms with van der Waals surface area (Å²) in [6.07, 6.45) is -0.383. The van der Waals surface area contributed by atoms with Crippen molar-refractivity contribution >= 4 is 5.91 Å². The molecular formula is C16H24FN3O. The van der Waals surface area contributed by atoms with Crippen LogP contribution in [0.5, 0.6) is 0 Å². The minimum absolute atomic E-state index is 0.0313. The normalized spacial score (nSPS) is 20.6. The van der Waals surface area contributed by atoms with Crippen LogP contribution in [0.4, 0.5) is 4.39 Å². The van der Waals surface area contributed by atoms with Crippen LogP contribution in [0, 0.1) is 11.7 Å². The fourth-order valence-electron chi connectivity index (χ4n) is 2.84.